The molecule has 0 aliphatic carbocycles. The van der Waals surface area contributed by atoms with Crippen LogP contribution in [0, 0.1) is 5.82 Å². The first kappa shape index (κ1) is 21.6. The van der Waals surface area contributed by atoms with Crippen molar-refractivity contribution in [3.8, 4) is 17.1 Å². The zero-order valence-corrected chi connectivity index (χ0v) is 18.3. The van der Waals surface area contributed by atoms with E-state index in [4.69, 9.17) is 14.0 Å². The highest BCUT2D eigenvalue weighted by molar-refractivity contribution is 5.94. The van der Waals surface area contributed by atoms with Crippen molar-refractivity contribution in [2.45, 2.75) is 37.7 Å². The SMILES string of the molecule is O=C(c1ccc(OCC2CCCO2)cc1)N1CCCC(c2nc(-c3cccc(F)c3)no2)C1. The molecule has 2 aliphatic rings. The largest absolute Gasteiger partial charge is 0.491 e. The minimum atomic E-state index is -0.350. The van der Waals surface area contributed by atoms with Crippen molar-refractivity contribution < 1.29 is 23.2 Å². The molecule has 0 saturated carbocycles. The van der Waals surface area contributed by atoms with E-state index in [-0.39, 0.29) is 23.7 Å². The molecule has 5 rings (SSSR count). The zero-order valence-electron chi connectivity index (χ0n) is 18.3. The van der Waals surface area contributed by atoms with Crippen LogP contribution in [0.5, 0.6) is 5.75 Å². The highest BCUT2D eigenvalue weighted by Gasteiger charge is 2.29. The Morgan fingerprint density at radius 1 is 1.15 bits per heavy atom. The lowest BCUT2D eigenvalue weighted by atomic mass is 9.97. The van der Waals surface area contributed by atoms with E-state index in [0.29, 0.717) is 42.5 Å². The Morgan fingerprint density at radius 2 is 2.03 bits per heavy atom. The van der Waals surface area contributed by atoms with Crippen molar-refractivity contribution in [1.82, 2.24) is 15.0 Å². The summed E-state index contributed by atoms with van der Waals surface area (Å²) < 4.78 is 30.3. The Morgan fingerprint density at radius 3 is 2.82 bits per heavy atom. The fourth-order valence-electron chi connectivity index (χ4n) is 4.35. The summed E-state index contributed by atoms with van der Waals surface area (Å²) in [5.41, 5.74) is 1.18. The van der Waals surface area contributed by atoms with Crippen molar-refractivity contribution in [2.75, 3.05) is 26.3 Å². The minimum Gasteiger partial charge on any atom is -0.491 e. The lowest BCUT2D eigenvalue weighted by Crippen LogP contribution is -2.39. The van der Waals surface area contributed by atoms with Gasteiger partial charge in [0.25, 0.3) is 5.91 Å². The van der Waals surface area contributed by atoms with Gasteiger partial charge in [0.2, 0.25) is 11.7 Å². The number of aromatic nitrogens is 2. The maximum absolute atomic E-state index is 13.5. The fraction of sp³-hybridized carbons (Fsp3) is 0.400. The van der Waals surface area contributed by atoms with Gasteiger partial charge in [-0.05, 0) is 62.1 Å². The van der Waals surface area contributed by atoms with E-state index >= 15 is 0 Å². The third-order valence-corrected chi connectivity index (χ3v) is 6.14. The molecule has 1 aromatic heterocycles. The average molecular weight is 451 g/mol. The van der Waals surface area contributed by atoms with E-state index in [1.807, 2.05) is 17.0 Å². The van der Waals surface area contributed by atoms with Crippen LogP contribution < -0.4 is 4.74 Å². The van der Waals surface area contributed by atoms with Gasteiger partial charge in [0.15, 0.2) is 0 Å². The molecule has 2 atom stereocenters. The van der Waals surface area contributed by atoms with Crippen molar-refractivity contribution in [3.05, 3.63) is 65.8 Å². The van der Waals surface area contributed by atoms with E-state index in [1.165, 1.54) is 12.1 Å². The number of benzene rings is 2. The highest BCUT2D eigenvalue weighted by atomic mass is 19.1. The number of halogens is 1. The number of hydrogen-bond acceptors (Lipinski definition) is 6. The standard InChI is InChI=1S/C25H26FN3O4/c26-20-6-1-4-18(14-20)23-27-24(33-28-23)19-5-2-12-29(15-19)25(30)17-8-10-21(11-9-17)32-16-22-7-3-13-31-22/h1,4,6,8-11,14,19,22H,2-3,5,7,12-13,15-16H2. The van der Waals surface area contributed by atoms with Crippen LogP contribution in [-0.2, 0) is 4.74 Å². The van der Waals surface area contributed by atoms with Crippen molar-refractivity contribution in [3.63, 3.8) is 0 Å². The Bertz CT molecular complexity index is 1100. The molecule has 2 unspecified atom stereocenters. The Hall–Kier alpha value is -3.26. The van der Waals surface area contributed by atoms with Gasteiger partial charge in [-0.1, -0.05) is 17.3 Å². The number of carbonyl (C=O) groups excluding carboxylic acids is 1. The molecule has 2 fully saturated rings. The predicted molar refractivity (Wildman–Crippen MR) is 118 cm³/mol. The highest BCUT2D eigenvalue weighted by Crippen LogP contribution is 2.29. The topological polar surface area (TPSA) is 77.7 Å². The molecule has 0 N–H and O–H groups in total. The lowest BCUT2D eigenvalue weighted by molar-refractivity contribution is 0.0675. The third kappa shape index (κ3) is 5.06. The number of likely N-dealkylation sites (tertiary alicyclic amines) is 1. The summed E-state index contributed by atoms with van der Waals surface area (Å²) in [5.74, 6) is 1.13. The number of piperidine rings is 1. The van der Waals surface area contributed by atoms with Crippen molar-refractivity contribution in [1.29, 1.82) is 0 Å². The lowest BCUT2D eigenvalue weighted by Gasteiger charge is -2.31. The number of amides is 1. The third-order valence-electron chi connectivity index (χ3n) is 6.14. The van der Waals surface area contributed by atoms with Crippen LogP contribution in [0.2, 0.25) is 0 Å². The normalized spacial score (nSPS) is 20.7. The minimum absolute atomic E-state index is 0.0322. The summed E-state index contributed by atoms with van der Waals surface area (Å²) in [4.78, 5) is 19.4. The van der Waals surface area contributed by atoms with Crippen LogP contribution in [0.15, 0.2) is 53.1 Å². The molecule has 2 aliphatic heterocycles. The first-order chi connectivity index (χ1) is 16.2. The molecule has 8 heteroatoms. The Labute approximate surface area is 191 Å². The molecule has 7 nitrogen and oxygen atoms in total. The van der Waals surface area contributed by atoms with Gasteiger partial charge >= 0.3 is 0 Å². The molecule has 0 radical (unpaired) electrons. The van der Waals surface area contributed by atoms with E-state index in [1.54, 1.807) is 24.3 Å². The molecule has 1 amide bonds. The first-order valence-corrected chi connectivity index (χ1v) is 11.4. The number of hydrogen-bond donors (Lipinski definition) is 0. The van der Waals surface area contributed by atoms with Crippen LogP contribution in [0.4, 0.5) is 4.39 Å². The maximum Gasteiger partial charge on any atom is 0.253 e. The van der Waals surface area contributed by atoms with Gasteiger partial charge in [0.1, 0.15) is 18.2 Å². The predicted octanol–water partition coefficient (Wildman–Crippen LogP) is 4.45. The summed E-state index contributed by atoms with van der Waals surface area (Å²) >= 11 is 0. The molecule has 3 heterocycles. The molecule has 3 aromatic rings. The quantitative estimate of drug-likeness (QED) is 0.551. The van der Waals surface area contributed by atoms with E-state index in [2.05, 4.69) is 10.1 Å². The Balaban J connectivity index is 1.21. The zero-order chi connectivity index (χ0) is 22.6. The first-order valence-electron chi connectivity index (χ1n) is 11.4. The van der Waals surface area contributed by atoms with Gasteiger partial charge in [0.05, 0.1) is 12.0 Å². The number of carbonyl (C=O) groups is 1. The second kappa shape index (κ2) is 9.70. The van der Waals surface area contributed by atoms with Crippen LogP contribution in [0.1, 0.15) is 47.8 Å². The van der Waals surface area contributed by atoms with Crippen LogP contribution >= 0.6 is 0 Å². The molecule has 0 bridgehead atoms. The van der Waals surface area contributed by atoms with Crippen molar-refractivity contribution >= 4 is 5.91 Å². The van der Waals surface area contributed by atoms with Crippen LogP contribution in [0.3, 0.4) is 0 Å². The number of nitrogens with zero attached hydrogens (tertiary/aromatic N) is 3. The second-order valence-electron chi connectivity index (χ2n) is 8.53. The summed E-state index contributed by atoms with van der Waals surface area (Å²) in [5, 5.41) is 4.01. The summed E-state index contributed by atoms with van der Waals surface area (Å²) in [6.45, 7) is 2.51. The van der Waals surface area contributed by atoms with Gasteiger partial charge in [-0.3, -0.25) is 4.79 Å². The van der Waals surface area contributed by atoms with E-state index in [9.17, 15) is 9.18 Å². The monoisotopic (exact) mass is 451 g/mol. The molecule has 33 heavy (non-hydrogen) atoms. The molecular formula is C25H26FN3O4. The smallest absolute Gasteiger partial charge is 0.253 e. The molecule has 2 aromatic carbocycles. The van der Waals surface area contributed by atoms with E-state index in [0.717, 1.165) is 38.0 Å². The molecule has 0 spiro atoms. The van der Waals surface area contributed by atoms with Gasteiger partial charge < -0.3 is 18.9 Å². The van der Waals surface area contributed by atoms with Crippen LogP contribution in [-0.4, -0.2) is 53.4 Å². The molecule has 172 valence electrons. The van der Waals surface area contributed by atoms with E-state index < -0.39 is 0 Å². The average Bonchev–Trinajstić information content (AvgIpc) is 3.55. The summed E-state index contributed by atoms with van der Waals surface area (Å²) in [6, 6.07) is 13.3. The number of rotatable bonds is 6. The summed E-state index contributed by atoms with van der Waals surface area (Å²) in [6.07, 6.45) is 3.95. The molecular weight excluding hydrogens is 425 g/mol. The Kier molecular flexibility index (Phi) is 6.35. The van der Waals surface area contributed by atoms with Gasteiger partial charge in [0, 0.05) is 30.8 Å². The fourth-order valence-corrected chi connectivity index (χ4v) is 4.35. The van der Waals surface area contributed by atoms with Gasteiger partial charge in [-0.2, -0.15) is 4.98 Å². The molecule has 2 saturated heterocycles. The van der Waals surface area contributed by atoms with Crippen molar-refractivity contribution in [2.24, 2.45) is 0 Å². The summed E-state index contributed by atoms with van der Waals surface area (Å²) in [7, 11) is 0. The maximum atomic E-state index is 13.5. The second-order valence-corrected chi connectivity index (χ2v) is 8.53. The van der Waals surface area contributed by atoms with Crippen LogP contribution in [0.25, 0.3) is 11.4 Å². The van der Waals surface area contributed by atoms with Gasteiger partial charge in [-0.25, -0.2) is 4.39 Å². The van der Waals surface area contributed by atoms with Gasteiger partial charge in [-0.15, -0.1) is 0 Å². The number of ether oxygens (including phenoxy) is 2.